The molecule has 1 atom stereocenters. The van der Waals surface area contributed by atoms with Gasteiger partial charge in [-0.05, 0) is 12.1 Å². The van der Waals surface area contributed by atoms with E-state index in [0.717, 1.165) is 0 Å². The van der Waals surface area contributed by atoms with Crippen LogP contribution in [0, 0.1) is 0 Å². The summed E-state index contributed by atoms with van der Waals surface area (Å²) < 4.78 is 20.6. The first kappa shape index (κ1) is 9.95. The second-order valence-electron chi connectivity index (χ2n) is 2.17. The van der Waals surface area contributed by atoms with Gasteiger partial charge in [0, 0.05) is 0 Å². The number of hydrogen-bond acceptors (Lipinski definition) is 3. The highest BCUT2D eigenvalue weighted by Gasteiger charge is 2.00. The highest BCUT2D eigenvalue weighted by atomic mass is 32.2. The first-order valence-corrected chi connectivity index (χ1v) is 4.72. The topological polar surface area (TPSA) is 35.5 Å². The minimum atomic E-state index is -1.74. The quantitative estimate of drug-likeness (QED) is 0.677. The van der Waals surface area contributed by atoms with E-state index >= 15 is 0 Å². The molecule has 0 amide bonds. The van der Waals surface area contributed by atoms with Crippen molar-refractivity contribution < 1.29 is 12.6 Å². The summed E-state index contributed by atoms with van der Waals surface area (Å²) in [5, 5.41) is 0. The molecule has 0 fully saturated rings. The zero-order valence-corrected chi connectivity index (χ0v) is 7.83. The molecule has 1 aromatic carbocycles. The summed E-state index contributed by atoms with van der Waals surface area (Å²) in [6.45, 7) is 3.63. The Bertz CT molecular complexity index is 284. The minimum Gasteiger partial charge on any atom is -0.380 e. The molecule has 0 heterocycles. The molecule has 0 spiro atoms. The van der Waals surface area contributed by atoms with Crippen LogP contribution < -0.4 is 4.18 Å². The molecule has 0 aliphatic heterocycles. The molecule has 0 aliphatic carbocycles. The summed E-state index contributed by atoms with van der Waals surface area (Å²) in [5.41, 5.74) is 0. The Morgan fingerprint density at radius 3 is 2.69 bits per heavy atom. The zero-order chi connectivity index (χ0) is 9.52. The van der Waals surface area contributed by atoms with Gasteiger partial charge in [0.1, 0.15) is 5.75 Å². The number of benzene rings is 1. The van der Waals surface area contributed by atoms with E-state index in [1.54, 1.807) is 24.3 Å². The first-order chi connectivity index (χ1) is 6.33. The largest absolute Gasteiger partial charge is 0.380 e. The molecule has 13 heavy (non-hydrogen) atoms. The third kappa shape index (κ3) is 3.87. The van der Waals surface area contributed by atoms with Crippen molar-refractivity contribution in [1.82, 2.24) is 0 Å². The van der Waals surface area contributed by atoms with Gasteiger partial charge in [0.2, 0.25) is 0 Å². The van der Waals surface area contributed by atoms with Crippen molar-refractivity contribution in [1.29, 1.82) is 0 Å². The van der Waals surface area contributed by atoms with Crippen molar-refractivity contribution in [3.8, 4) is 5.75 Å². The number of rotatable bonds is 5. The Hall–Kier alpha value is -1.13. The van der Waals surface area contributed by atoms with Crippen molar-refractivity contribution in [3.63, 3.8) is 0 Å². The number of hydrogen-bond donors (Lipinski definition) is 0. The van der Waals surface area contributed by atoms with Crippen LogP contribution in [-0.4, -0.2) is 10.8 Å². The van der Waals surface area contributed by atoms with Crippen molar-refractivity contribution in [2.45, 2.75) is 0 Å². The Labute approximate surface area is 79.9 Å². The average Bonchev–Trinajstić information content (AvgIpc) is 2.16. The van der Waals surface area contributed by atoms with Gasteiger partial charge in [-0.2, -0.15) is 4.21 Å². The van der Waals surface area contributed by atoms with Gasteiger partial charge >= 0.3 is 11.4 Å². The summed E-state index contributed by atoms with van der Waals surface area (Å²) in [6, 6.07) is 8.84. The standard InChI is InChI=1S/C9H10O3S/c1-2-8-11-13(10)12-9-6-4-3-5-7-9/h2-7H,1,8H2. The van der Waals surface area contributed by atoms with Crippen LogP contribution in [0.5, 0.6) is 5.75 Å². The van der Waals surface area contributed by atoms with Crippen LogP contribution in [0.3, 0.4) is 0 Å². The normalized spacial score (nSPS) is 12.0. The van der Waals surface area contributed by atoms with Gasteiger partial charge in [0.05, 0.1) is 6.61 Å². The minimum absolute atomic E-state index is 0.208. The second kappa shape index (κ2) is 5.50. The van der Waals surface area contributed by atoms with E-state index in [1.807, 2.05) is 6.07 Å². The molecule has 0 radical (unpaired) electrons. The van der Waals surface area contributed by atoms with Gasteiger partial charge in [-0.15, -0.1) is 6.58 Å². The lowest BCUT2D eigenvalue weighted by Crippen LogP contribution is -2.04. The van der Waals surface area contributed by atoms with Gasteiger partial charge in [0.15, 0.2) is 0 Å². The van der Waals surface area contributed by atoms with Gasteiger partial charge in [-0.3, -0.25) is 4.18 Å². The van der Waals surface area contributed by atoms with E-state index in [1.165, 1.54) is 6.08 Å². The predicted molar refractivity (Wildman–Crippen MR) is 51.4 cm³/mol. The van der Waals surface area contributed by atoms with Crippen LogP contribution in [0.25, 0.3) is 0 Å². The van der Waals surface area contributed by atoms with E-state index in [2.05, 4.69) is 6.58 Å². The summed E-state index contributed by atoms with van der Waals surface area (Å²) >= 11 is -1.74. The van der Waals surface area contributed by atoms with Gasteiger partial charge < -0.3 is 4.18 Å². The molecule has 0 saturated carbocycles. The molecule has 1 aromatic rings. The van der Waals surface area contributed by atoms with Gasteiger partial charge in [-0.25, -0.2) is 0 Å². The second-order valence-corrected chi connectivity index (χ2v) is 2.98. The van der Waals surface area contributed by atoms with Crippen LogP contribution in [0.4, 0.5) is 0 Å². The van der Waals surface area contributed by atoms with E-state index in [-0.39, 0.29) is 6.61 Å². The maximum atomic E-state index is 11.0. The summed E-state index contributed by atoms with van der Waals surface area (Å²) in [7, 11) is 0. The lowest BCUT2D eigenvalue weighted by atomic mass is 10.3. The van der Waals surface area contributed by atoms with Crippen LogP contribution in [0.2, 0.25) is 0 Å². The molecule has 0 aliphatic rings. The number of para-hydroxylation sites is 1. The van der Waals surface area contributed by atoms with Crippen molar-refractivity contribution in [2.24, 2.45) is 0 Å². The lowest BCUT2D eigenvalue weighted by molar-refractivity contribution is 0.347. The average molecular weight is 198 g/mol. The van der Waals surface area contributed by atoms with Crippen LogP contribution in [0.1, 0.15) is 0 Å². The molecule has 0 bridgehead atoms. The third-order valence-electron chi connectivity index (χ3n) is 1.19. The van der Waals surface area contributed by atoms with Gasteiger partial charge in [-0.1, -0.05) is 24.3 Å². The smallest absolute Gasteiger partial charge is 0.360 e. The van der Waals surface area contributed by atoms with Crippen LogP contribution >= 0.6 is 0 Å². The fraction of sp³-hybridized carbons (Fsp3) is 0.111. The maximum absolute atomic E-state index is 11.0. The van der Waals surface area contributed by atoms with Crippen molar-refractivity contribution in [3.05, 3.63) is 43.0 Å². The van der Waals surface area contributed by atoms with Crippen molar-refractivity contribution in [2.75, 3.05) is 6.61 Å². The summed E-state index contributed by atoms with van der Waals surface area (Å²) in [6.07, 6.45) is 1.51. The Balaban J connectivity index is 2.41. The SMILES string of the molecule is C=CCOS(=O)Oc1ccccc1. The molecule has 1 rings (SSSR count). The molecule has 0 aromatic heterocycles. The fourth-order valence-electron chi connectivity index (χ4n) is 0.682. The van der Waals surface area contributed by atoms with E-state index in [4.69, 9.17) is 8.37 Å². The Morgan fingerprint density at radius 2 is 2.08 bits per heavy atom. The molecule has 3 nitrogen and oxygen atoms in total. The van der Waals surface area contributed by atoms with Crippen LogP contribution in [0.15, 0.2) is 43.0 Å². The van der Waals surface area contributed by atoms with Crippen LogP contribution in [-0.2, 0) is 15.5 Å². The molecular weight excluding hydrogens is 188 g/mol. The maximum Gasteiger partial charge on any atom is 0.360 e. The fourth-order valence-corrected chi connectivity index (χ4v) is 1.21. The third-order valence-corrected chi connectivity index (χ3v) is 1.85. The Kier molecular flexibility index (Phi) is 4.21. The molecular formula is C9H10O3S. The lowest BCUT2D eigenvalue weighted by Gasteiger charge is -2.01. The van der Waals surface area contributed by atoms with E-state index in [9.17, 15) is 4.21 Å². The monoisotopic (exact) mass is 198 g/mol. The summed E-state index contributed by atoms with van der Waals surface area (Å²) in [5.74, 6) is 0.518. The van der Waals surface area contributed by atoms with Crippen molar-refractivity contribution >= 4 is 11.4 Å². The Morgan fingerprint density at radius 1 is 1.38 bits per heavy atom. The van der Waals surface area contributed by atoms with E-state index in [0.29, 0.717) is 5.75 Å². The molecule has 70 valence electrons. The zero-order valence-electron chi connectivity index (χ0n) is 7.01. The molecule has 0 N–H and O–H groups in total. The van der Waals surface area contributed by atoms with Gasteiger partial charge in [0.25, 0.3) is 0 Å². The summed E-state index contributed by atoms with van der Waals surface area (Å²) in [4.78, 5) is 0. The molecule has 4 heteroatoms. The van der Waals surface area contributed by atoms with E-state index < -0.39 is 11.4 Å². The molecule has 0 saturated heterocycles. The highest BCUT2D eigenvalue weighted by Crippen LogP contribution is 2.09. The highest BCUT2D eigenvalue weighted by molar-refractivity contribution is 7.75. The predicted octanol–water partition coefficient (Wildman–Crippen LogP) is 1.85. The molecule has 1 unspecified atom stereocenters. The first-order valence-electron chi connectivity index (χ1n) is 3.72.